The highest BCUT2D eigenvalue weighted by molar-refractivity contribution is 7.47. The topological polar surface area (TPSA) is 237 Å². The number of rotatable bonds is 82. The Morgan fingerprint density at radius 1 is 0.262 bits per heavy atom. The predicted octanol–water partition coefficient (Wildman–Crippen LogP) is 25.3. The van der Waals surface area contributed by atoms with Gasteiger partial charge in [0.05, 0.1) is 26.4 Å². The summed E-state index contributed by atoms with van der Waals surface area (Å²) < 4.78 is 68.8. The van der Waals surface area contributed by atoms with Crippen LogP contribution >= 0.6 is 15.6 Å². The van der Waals surface area contributed by atoms with Crippen LogP contribution in [0.3, 0.4) is 0 Å². The lowest BCUT2D eigenvalue weighted by Gasteiger charge is -2.21. The molecule has 0 rings (SSSR count). The van der Waals surface area contributed by atoms with Gasteiger partial charge in [-0.1, -0.05) is 389 Å². The molecule has 0 amide bonds. The summed E-state index contributed by atoms with van der Waals surface area (Å²) in [5, 5.41) is 10.7. The molecule has 0 aliphatic rings. The molecule has 0 aliphatic heterocycles. The molecule has 0 aromatic carbocycles. The molecule has 0 saturated carbocycles. The van der Waals surface area contributed by atoms with Crippen molar-refractivity contribution in [2.45, 2.75) is 458 Å². The van der Waals surface area contributed by atoms with Gasteiger partial charge in [-0.05, 0) is 43.4 Å². The Hall–Kier alpha value is -1.94. The number of ether oxygens (including phenoxy) is 4. The Morgan fingerprint density at radius 3 is 0.660 bits per heavy atom. The zero-order valence-electron chi connectivity index (χ0n) is 67.8. The van der Waals surface area contributed by atoms with Gasteiger partial charge in [-0.3, -0.25) is 37.3 Å². The van der Waals surface area contributed by atoms with Gasteiger partial charge >= 0.3 is 39.5 Å². The molecule has 2 unspecified atom stereocenters. The number of carbonyl (C=O) groups excluding carboxylic acids is 4. The number of esters is 4. The molecular weight excluding hydrogens is 1340 g/mol. The molecule has 0 spiro atoms. The van der Waals surface area contributed by atoms with E-state index in [9.17, 15) is 43.2 Å². The molecule has 19 heteroatoms. The molecule has 0 heterocycles. The molecule has 612 valence electrons. The van der Waals surface area contributed by atoms with E-state index < -0.39 is 97.5 Å². The monoisotopic (exact) mass is 1510 g/mol. The summed E-state index contributed by atoms with van der Waals surface area (Å²) in [6, 6.07) is 0. The van der Waals surface area contributed by atoms with Crippen molar-refractivity contribution in [2.75, 3.05) is 39.6 Å². The van der Waals surface area contributed by atoms with Crippen molar-refractivity contribution in [3.8, 4) is 0 Å². The van der Waals surface area contributed by atoms with E-state index in [1.54, 1.807) is 0 Å². The fourth-order valence-corrected chi connectivity index (χ4v) is 14.6. The maximum Gasteiger partial charge on any atom is 0.472 e. The van der Waals surface area contributed by atoms with Gasteiger partial charge in [-0.25, -0.2) is 9.13 Å². The SMILES string of the molecule is CCCCCCCCCCCCCC(=O)OC[C@H](COP(=O)(O)OC[C@H](O)COP(=O)(O)OC[C@@H](COC(=O)CCCCCCCCCCCCCCCCC(C)C)OC(=O)CCCCCCCCCCCCCCCCCCCCC(C)C)OC(=O)CCCCCCCCCCCCCC(C)C. The average Bonchev–Trinajstić information content (AvgIpc) is 0.908. The molecule has 103 heavy (non-hydrogen) atoms. The van der Waals surface area contributed by atoms with Crippen molar-refractivity contribution in [3.05, 3.63) is 0 Å². The summed E-state index contributed by atoms with van der Waals surface area (Å²) >= 11 is 0. The maximum absolute atomic E-state index is 13.1. The van der Waals surface area contributed by atoms with E-state index in [2.05, 4.69) is 48.5 Å². The molecule has 5 atom stereocenters. The highest BCUT2D eigenvalue weighted by atomic mass is 31.2. The van der Waals surface area contributed by atoms with Crippen molar-refractivity contribution in [1.82, 2.24) is 0 Å². The van der Waals surface area contributed by atoms with Crippen LogP contribution < -0.4 is 0 Å². The second kappa shape index (κ2) is 74.2. The summed E-state index contributed by atoms with van der Waals surface area (Å²) in [4.78, 5) is 73.1. The molecule has 0 fully saturated rings. The van der Waals surface area contributed by atoms with Crippen LogP contribution in [0.4, 0.5) is 0 Å². The number of carbonyl (C=O) groups is 4. The first-order valence-corrected chi connectivity index (χ1v) is 46.3. The first-order valence-electron chi connectivity index (χ1n) is 43.3. The van der Waals surface area contributed by atoms with Gasteiger partial charge < -0.3 is 33.8 Å². The van der Waals surface area contributed by atoms with Gasteiger partial charge in [0.25, 0.3) is 0 Å². The Balaban J connectivity index is 5.24. The lowest BCUT2D eigenvalue weighted by atomic mass is 10.0. The van der Waals surface area contributed by atoms with Gasteiger partial charge in [0.1, 0.15) is 19.3 Å². The minimum Gasteiger partial charge on any atom is -0.462 e. The average molecular weight is 1510 g/mol. The van der Waals surface area contributed by atoms with Crippen LogP contribution in [-0.2, 0) is 65.4 Å². The van der Waals surface area contributed by atoms with Gasteiger partial charge in [0.2, 0.25) is 0 Å². The molecule has 3 N–H and O–H groups in total. The number of unbranched alkanes of at least 4 members (excludes halogenated alkanes) is 50. The smallest absolute Gasteiger partial charge is 0.462 e. The Morgan fingerprint density at radius 2 is 0.447 bits per heavy atom. The highest BCUT2D eigenvalue weighted by Crippen LogP contribution is 2.45. The zero-order chi connectivity index (χ0) is 75.8. The summed E-state index contributed by atoms with van der Waals surface area (Å²) in [5.41, 5.74) is 0. The van der Waals surface area contributed by atoms with Crippen LogP contribution in [0.15, 0.2) is 0 Å². The quantitative estimate of drug-likeness (QED) is 0.0222. The first-order chi connectivity index (χ1) is 49.7. The van der Waals surface area contributed by atoms with Crippen molar-refractivity contribution in [2.24, 2.45) is 17.8 Å². The van der Waals surface area contributed by atoms with Gasteiger partial charge in [0.15, 0.2) is 12.2 Å². The fourth-order valence-electron chi connectivity index (χ4n) is 13.0. The highest BCUT2D eigenvalue weighted by Gasteiger charge is 2.30. The second-order valence-electron chi connectivity index (χ2n) is 31.6. The van der Waals surface area contributed by atoms with Crippen molar-refractivity contribution < 1.29 is 80.2 Å². The van der Waals surface area contributed by atoms with Gasteiger partial charge in [-0.2, -0.15) is 0 Å². The number of phosphoric ester groups is 2. The van der Waals surface area contributed by atoms with Crippen LogP contribution in [0, 0.1) is 17.8 Å². The van der Waals surface area contributed by atoms with Crippen molar-refractivity contribution in [1.29, 1.82) is 0 Å². The van der Waals surface area contributed by atoms with Crippen molar-refractivity contribution in [3.63, 3.8) is 0 Å². The van der Waals surface area contributed by atoms with Gasteiger partial charge in [0, 0.05) is 25.7 Å². The van der Waals surface area contributed by atoms with Crippen molar-refractivity contribution >= 4 is 39.5 Å². The summed E-state index contributed by atoms with van der Waals surface area (Å²) in [7, 11) is -9.92. The molecule has 0 aromatic heterocycles. The van der Waals surface area contributed by atoms with Crippen LogP contribution in [0.25, 0.3) is 0 Å². The number of hydrogen-bond acceptors (Lipinski definition) is 15. The standard InChI is InChI=1S/C84H164O17P2/c1-8-9-10-11-12-13-27-37-44-51-58-65-81(86)94-71-79(101-84(89)68-61-54-47-40-33-26-30-36-43-50-57-64-77(6)7)73-98-102(90,91)96-69-78(85)70-97-103(92,93)99-74-80(72-95-82(87)66-59-52-45-38-31-24-21-20-23-29-35-42-49-56-63-76(4)5)100-83(88)67-60-53-46-39-32-25-19-17-15-14-16-18-22-28-34-41-48-55-62-75(2)3/h75-80,85H,8-74H2,1-7H3,(H,90,91)(H,92,93)/t78-,79+,80+/m0/s1. The Labute approximate surface area is 632 Å². The molecular formula is C84H164O17P2. The predicted molar refractivity (Wildman–Crippen MR) is 423 cm³/mol. The lowest BCUT2D eigenvalue weighted by Crippen LogP contribution is -2.30. The number of phosphoric acid groups is 2. The molecule has 0 saturated heterocycles. The van der Waals surface area contributed by atoms with E-state index in [1.165, 1.54) is 250 Å². The van der Waals surface area contributed by atoms with Crippen LogP contribution in [0.5, 0.6) is 0 Å². The first kappa shape index (κ1) is 101. The van der Waals surface area contributed by atoms with Crippen LogP contribution in [-0.4, -0.2) is 96.7 Å². The lowest BCUT2D eigenvalue weighted by molar-refractivity contribution is -0.161. The van der Waals surface area contributed by atoms with Crippen LogP contribution in [0.1, 0.15) is 440 Å². The Bertz CT molecular complexity index is 1990. The minimum absolute atomic E-state index is 0.107. The number of aliphatic hydroxyl groups excluding tert-OH is 1. The molecule has 0 aromatic rings. The van der Waals surface area contributed by atoms with E-state index in [0.29, 0.717) is 25.7 Å². The second-order valence-corrected chi connectivity index (χ2v) is 34.6. The summed E-state index contributed by atoms with van der Waals surface area (Å²) in [6.45, 7) is 12.0. The zero-order valence-corrected chi connectivity index (χ0v) is 69.6. The third kappa shape index (κ3) is 78.0. The molecule has 17 nitrogen and oxygen atoms in total. The number of aliphatic hydroxyl groups is 1. The maximum atomic E-state index is 13.1. The van der Waals surface area contributed by atoms with E-state index in [1.807, 2.05) is 0 Å². The summed E-state index contributed by atoms with van der Waals surface area (Å²) in [6.07, 6.45) is 63.8. The van der Waals surface area contributed by atoms with E-state index >= 15 is 0 Å². The molecule has 0 aliphatic carbocycles. The minimum atomic E-state index is -4.96. The third-order valence-electron chi connectivity index (χ3n) is 19.6. The van der Waals surface area contributed by atoms with Gasteiger partial charge in [-0.15, -0.1) is 0 Å². The number of hydrogen-bond donors (Lipinski definition) is 3. The third-order valence-corrected chi connectivity index (χ3v) is 21.5. The largest absolute Gasteiger partial charge is 0.472 e. The molecule has 0 radical (unpaired) electrons. The van der Waals surface area contributed by atoms with E-state index in [0.717, 1.165) is 108 Å². The summed E-state index contributed by atoms with van der Waals surface area (Å²) in [5.74, 6) is 0.279. The van der Waals surface area contributed by atoms with E-state index in [4.69, 9.17) is 37.0 Å². The molecule has 0 bridgehead atoms. The van der Waals surface area contributed by atoms with E-state index in [-0.39, 0.29) is 25.7 Å². The van der Waals surface area contributed by atoms with Crippen LogP contribution in [0.2, 0.25) is 0 Å². The Kier molecular flexibility index (Phi) is 72.8. The normalized spacial score (nSPS) is 13.9. The fraction of sp³-hybridized carbons (Fsp3) is 0.952.